The minimum absolute atomic E-state index is 0.00428. The Bertz CT molecular complexity index is 1210. The maximum atomic E-state index is 6.48. The van der Waals surface area contributed by atoms with Crippen LogP contribution in [0.5, 0.6) is 28.7 Å². The van der Waals surface area contributed by atoms with Gasteiger partial charge in [-0.2, -0.15) is 0 Å². The van der Waals surface area contributed by atoms with Crippen LogP contribution in [0.4, 0.5) is 0 Å². The molecule has 3 rings (SSSR count). The minimum atomic E-state index is -1.01. The summed E-state index contributed by atoms with van der Waals surface area (Å²) in [4.78, 5) is 0. The molecule has 0 N–H and O–H groups in total. The topological polar surface area (TPSA) is 27.7 Å². The predicted molar refractivity (Wildman–Crippen MR) is 155 cm³/mol. The standard InChI is InChI=1S/C32H44GeO3/c1-21-12-22(30(2,3)4)14-25(13-21)34-26-15-23(31(5,6)7)16-27(19-26)35-28-17-24(32(8,9)10)18-29(20-28)36-33-11/h12-20H,33H2,1-11H3. The first-order valence-electron chi connectivity index (χ1n) is 13.0. The molecule has 3 aromatic rings. The van der Waals surface area contributed by atoms with Crippen molar-refractivity contribution in [2.24, 2.45) is 0 Å². The molecule has 0 aliphatic carbocycles. The van der Waals surface area contributed by atoms with E-state index >= 15 is 0 Å². The number of hydrogen-bond acceptors (Lipinski definition) is 3. The van der Waals surface area contributed by atoms with Crippen LogP contribution in [-0.2, 0) is 16.2 Å². The van der Waals surface area contributed by atoms with Gasteiger partial charge in [0.2, 0.25) is 0 Å². The second kappa shape index (κ2) is 10.5. The van der Waals surface area contributed by atoms with Crippen LogP contribution >= 0.6 is 0 Å². The van der Waals surface area contributed by atoms with Crippen molar-refractivity contribution in [3.63, 3.8) is 0 Å². The Morgan fingerprint density at radius 2 is 0.806 bits per heavy atom. The second-order valence-corrected chi connectivity index (χ2v) is 14.6. The molecule has 0 amide bonds. The summed E-state index contributed by atoms with van der Waals surface area (Å²) in [6, 6.07) is 19.0. The maximum absolute atomic E-state index is 6.48. The first kappa shape index (κ1) is 28.2. The molecule has 0 aromatic heterocycles. The Hall–Kier alpha value is -2.40. The zero-order valence-corrected chi connectivity index (χ0v) is 27.1. The van der Waals surface area contributed by atoms with Gasteiger partial charge >= 0.3 is 187 Å². The summed E-state index contributed by atoms with van der Waals surface area (Å²) in [5.74, 6) is 6.25. The summed E-state index contributed by atoms with van der Waals surface area (Å²) in [7, 11) is 0. The molecule has 0 bridgehead atoms. The number of ether oxygens (including phenoxy) is 2. The third kappa shape index (κ3) is 7.55. The van der Waals surface area contributed by atoms with Gasteiger partial charge in [0.15, 0.2) is 0 Å². The molecule has 36 heavy (non-hydrogen) atoms. The van der Waals surface area contributed by atoms with E-state index in [1.807, 2.05) is 12.1 Å². The van der Waals surface area contributed by atoms with Crippen LogP contribution in [0.15, 0.2) is 54.6 Å². The zero-order chi connectivity index (χ0) is 26.9. The van der Waals surface area contributed by atoms with Crippen LogP contribution < -0.4 is 13.2 Å². The molecule has 4 heteroatoms. The van der Waals surface area contributed by atoms with Crippen molar-refractivity contribution < 1.29 is 13.2 Å². The van der Waals surface area contributed by atoms with Gasteiger partial charge in [-0.15, -0.1) is 0 Å². The van der Waals surface area contributed by atoms with Crippen molar-refractivity contribution in [1.82, 2.24) is 0 Å². The molecule has 0 aliphatic heterocycles. The summed E-state index contributed by atoms with van der Waals surface area (Å²) < 4.78 is 19.0. The zero-order valence-electron chi connectivity index (χ0n) is 24.1. The van der Waals surface area contributed by atoms with E-state index in [1.54, 1.807) is 0 Å². The SMILES string of the molecule is [CH3][GeH2][O]c1cc(Oc2cc(Oc3cc(C)cc(C(C)(C)C)c3)cc(C(C)(C)C)c2)cc(C(C)(C)C)c1. The molecule has 0 fully saturated rings. The molecule has 0 saturated carbocycles. The van der Waals surface area contributed by atoms with Crippen LogP contribution in [-0.4, -0.2) is 15.8 Å². The number of rotatable bonds is 6. The van der Waals surface area contributed by atoms with Crippen molar-refractivity contribution in [1.29, 1.82) is 0 Å². The summed E-state index contributed by atoms with van der Waals surface area (Å²) in [5.41, 5.74) is 4.79. The van der Waals surface area contributed by atoms with E-state index < -0.39 is 15.8 Å². The van der Waals surface area contributed by atoms with Crippen molar-refractivity contribution in [3.8, 4) is 28.7 Å². The van der Waals surface area contributed by atoms with E-state index in [2.05, 4.69) is 117 Å². The number of aryl methyl sites for hydroxylation is 1. The molecule has 3 nitrogen and oxygen atoms in total. The fraction of sp³-hybridized carbons (Fsp3) is 0.438. The van der Waals surface area contributed by atoms with E-state index in [4.69, 9.17) is 13.2 Å². The van der Waals surface area contributed by atoms with E-state index in [0.717, 1.165) is 34.3 Å². The van der Waals surface area contributed by atoms with Gasteiger partial charge in [0.05, 0.1) is 0 Å². The monoisotopic (exact) mass is 550 g/mol. The van der Waals surface area contributed by atoms with Gasteiger partial charge in [0.1, 0.15) is 0 Å². The van der Waals surface area contributed by atoms with Crippen LogP contribution in [0.25, 0.3) is 0 Å². The van der Waals surface area contributed by atoms with Crippen LogP contribution in [0.1, 0.15) is 84.6 Å². The molecule has 0 saturated heterocycles. The quantitative estimate of drug-likeness (QED) is 0.287. The van der Waals surface area contributed by atoms with Crippen molar-refractivity contribution in [3.05, 3.63) is 76.9 Å². The molecule has 0 atom stereocenters. The van der Waals surface area contributed by atoms with Crippen LogP contribution in [0.2, 0.25) is 5.76 Å². The summed E-state index contributed by atoms with van der Waals surface area (Å²) in [6.45, 7) is 22.1. The Morgan fingerprint density at radius 1 is 0.472 bits per heavy atom. The number of hydrogen-bond donors (Lipinski definition) is 0. The normalized spacial score (nSPS) is 12.8. The Kier molecular flexibility index (Phi) is 8.24. The second-order valence-electron chi connectivity index (χ2n) is 12.8. The van der Waals surface area contributed by atoms with Gasteiger partial charge in [-0.25, -0.2) is 0 Å². The summed E-state index contributed by atoms with van der Waals surface area (Å²) in [6.07, 6.45) is 0. The predicted octanol–water partition coefficient (Wildman–Crippen LogP) is 8.98. The summed E-state index contributed by atoms with van der Waals surface area (Å²) >= 11 is -1.01. The molecule has 0 aliphatic rings. The van der Waals surface area contributed by atoms with E-state index in [-0.39, 0.29) is 16.2 Å². The van der Waals surface area contributed by atoms with E-state index in [1.165, 1.54) is 16.7 Å². The van der Waals surface area contributed by atoms with Gasteiger partial charge in [-0.05, 0) is 12.3 Å². The van der Waals surface area contributed by atoms with E-state index in [9.17, 15) is 0 Å². The average Bonchev–Trinajstić information content (AvgIpc) is 2.71. The molecular weight excluding hydrogens is 505 g/mol. The molecule has 0 radical (unpaired) electrons. The molecule has 0 unspecified atom stereocenters. The molecule has 0 heterocycles. The first-order valence-corrected chi connectivity index (χ1v) is 17.1. The molecule has 0 spiro atoms. The van der Waals surface area contributed by atoms with Gasteiger partial charge < -0.3 is 0 Å². The van der Waals surface area contributed by atoms with Gasteiger partial charge in [0.25, 0.3) is 0 Å². The molecular formula is C32H44GeO3. The fourth-order valence-electron chi connectivity index (χ4n) is 3.95. The molecule has 194 valence electrons. The van der Waals surface area contributed by atoms with Crippen LogP contribution in [0, 0.1) is 6.92 Å². The first-order chi connectivity index (χ1) is 16.5. The van der Waals surface area contributed by atoms with Gasteiger partial charge in [-0.1, -0.05) is 26.8 Å². The fourth-order valence-corrected chi connectivity index (χ4v) is 5.00. The number of benzene rings is 3. The average molecular weight is 549 g/mol. The van der Waals surface area contributed by atoms with Crippen molar-refractivity contribution in [2.45, 2.75) is 91.2 Å². The van der Waals surface area contributed by atoms with Crippen molar-refractivity contribution in [2.75, 3.05) is 0 Å². The third-order valence-corrected chi connectivity index (χ3v) is 7.50. The van der Waals surface area contributed by atoms with Gasteiger partial charge in [0, 0.05) is 0 Å². The van der Waals surface area contributed by atoms with Crippen molar-refractivity contribution >= 4 is 15.8 Å². The Labute approximate surface area is 225 Å². The molecule has 3 aromatic carbocycles. The third-order valence-electron chi connectivity index (χ3n) is 6.19. The van der Waals surface area contributed by atoms with Gasteiger partial charge in [-0.3, -0.25) is 0 Å². The Balaban J connectivity index is 2.04. The van der Waals surface area contributed by atoms with E-state index in [0.29, 0.717) is 0 Å². The van der Waals surface area contributed by atoms with Crippen LogP contribution in [0.3, 0.4) is 0 Å². The Morgan fingerprint density at radius 3 is 1.19 bits per heavy atom. The summed E-state index contributed by atoms with van der Waals surface area (Å²) in [5, 5.41) is 0.